The summed E-state index contributed by atoms with van der Waals surface area (Å²) in [6.45, 7) is 7.01. The van der Waals surface area contributed by atoms with Gasteiger partial charge in [0, 0.05) is 18.7 Å². The van der Waals surface area contributed by atoms with Gasteiger partial charge in [-0.15, -0.1) is 0 Å². The highest BCUT2D eigenvalue weighted by molar-refractivity contribution is 5.66. The molecule has 0 radical (unpaired) electrons. The van der Waals surface area contributed by atoms with Crippen LogP contribution in [0.3, 0.4) is 0 Å². The van der Waals surface area contributed by atoms with E-state index >= 15 is 0 Å². The summed E-state index contributed by atoms with van der Waals surface area (Å²) in [5.74, 6) is 0. The first-order valence-corrected chi connectivity index (χ1v) is 6.53. The van der Waals surface area contributed by atoms with Crippen LogP contribution in [0.15, 0.2) is 12.1 Å². The highest BCUT2D eigenvalue weighted by Gasteiger charge is 2.26. The molecule has 1 fully saturated rings. The molecule has 1 heterocycles. The maximum Gasteiger partial charge on any atom is 0.292 e. The zero-order valence-electron chi connectivity index (χ0n) is 11.3. The number of hydrogen-bond donors (Lipinski definition) is 0. The van der Waals surface area contributed by atoms with Gasteiger partial charge >= 0.3 is 0 Å². The summed E-state index contributed by atoms with van der Waals surface area (Å²) < 4.78 is 0. The first-order valence-electron chi connectivity index (χ1n) is 6.53. The molecule has 0 amide bonds. The summed E-state index contributed by atoms with van der Waals surface area (Å²) in [6, 6.07) is 4.06. The van der Waals surface area contributed by atoms with Crippen molar-refractivity contribution in [2.45, 2.75) is 46.1 Å². The Hall–Kier alpha value is -1.58. The monoisotopic (exact) mass is 248 g/mol. The van der Waals surface area contributed by atoms with Gasteiger partial charge in [0.25, 0.3) is 5.69 Å². The Morgan fingerprint density at radius 1 is 1.28 bits per heavy atom. The first kappa shape index (κ1) is 12.9. The summed E-state index contributed by atoms with van der Waals surface area (Å²) in [7, 11) is 0. The molecule has 98 valence electrons. The summed E-state index contributed by atoms with van der Waals surface area (Å²) in [6.07, 6.45) is 3.45. The van der Waals surface area contributed by atoms with E-state index in [0.29, 0.717) is 6.04 Å². The molecule has 0 bridgehead atoms. The molecule has 1 atom stereocenters. The van der Waals surface area contributed by atoms with Crippen LogP contribution in [0.4, 0.5) is 11.4 Å². The summed E-state index contributed by atoms with van der Waals surface area (Å²) in [5.41, 5.74) is 3.13. The van der Waals surface area contributed by atoms with Gasteiger partial charge in [-0.3, -0.25) is 10.1 Å². The van der Waals surface area contributed by atoms with Gasteiger partial charge in [-0.05, 0) is 57.2 Å². The number of aryl methyl sites for hydroxylation is 2. The van der Waals surface area contributed by atoms with E-state index < -0.39 is 0 Å². The Bertz CT molecular complexity index is 471. The van der Waals surface area contributed by atoms with Crippen molar-refractivity contribution in [3.63, 3.8) is 0 Å². The first-order chi connectivity index (χ1) is 8.50. The van der Waals surface area contributed by atoms with Gasteiger partial charge in [0.15, 0.2) is 0 Å². The fourth-order valence-corrected chi connectivity index (χ4v) is 2.62. The van der Waals surface area contributed by atoms with Crippen molar-refractivity contribution in [1.82, 2.24) is 0 Å². The molecule has 0 aliphatic carbocycles. The second kappa shape index (κ2) is 4.96. The predicted molar refractivity (Wildman–Crippen MR) is 73.2 cm³/mol. The van der Waals surface area contributed by atoms with E-state index in [9.17, 15) is 10.1 Å². The van der Waals surface area contributed by atoms with E-state index in [2.05, 4.69) is 11.8 Å². The normalized spacial score (nSPS) is 19.9. The van der Waals surface area contributed by atoms with Gasteiger partial charge in [0.05, 0.1) is 4.92 Å². The molecule has 0 aromatic heterocycles. The predicted octanol–water partition coefficient (Wildman–Crippen LogP) is 3.59. The lowest BCUT2D eigenvalue weighted by Crippen LogP contribution is -2.37. The van der Waals surface area contributed by atoms with E-state index in [4.69, 9.17) is 0 Å². The highest BCUT2D eigenvalue weighted by Crippen LogP contribution is 2.34. The van der Waals surface area contributed by atoms with Gasteiger partial charge in [0.2, 0.25) is 0 Å². The van der Waals surface area contributed by atoms with Crippen LogP contribution in [0.5, 0.6) is 0 Å². The van der Waals surface area contributed by atoms with Gasteiger partial charge in [-0.2, -0.15) is 0 Å². The van der Waals surface area contributed by atoms with Gasteiger partial charge in [-0.25, -0.2) is 0 Å². The lowest BCUT2D eigenvalue weighted by atomic mass is 10.0. The molecular weight excluding hydrogens is 228 g/mol. The summed E-state index contributed by atoms with van der Waals surface area (Å²) in [4.78, 5) is 13.1. The molecule has 1 aromatic carbocycles. The number of nitro groups is 1. The van der Waals surface area contributed by atoms with E-state index in [1.807, 2.05) is 19.9 Å². The smallest absolute Gasteiger partial charge is 0.292 e. The quantitative estimate of drug-likeness (QED) is 0.593. The minimum atomic E-state index is -0.261. The molecule has 0 N–H and O–H groups in total. The molecule has 1 aliphatic rings. The fraction of sp³-hybridized carbons (Fsp3) is 0.571. The molecule has 1 aliphatic heterocycles. The lowest BCUT2D eigenvalue weighted by molar-refractivity contribution is -0.384. The number of rotatable bonds is 2. The minimum absolute atomic E-state index is 0.242. The van der Waals surface area contributed by atoms with Crippen molar-refractivity contribution in [3.8, 4) is 0 Å². The largest absolute Gasteiger partial charge is 0.363 e. The van der Waals surface area contributed by atoms with E-state index in [1.165, 1.54) is 6.42 Å². The van der Waals surface area contributed by atoms with Crippen LogP contribution >= 0.6 is 0 Å². The second-order valence-electron chi connectivity index (χ2n) is 5.22. The lowest BCUT2D eigenvalue weighted by Gasteiger charge is -2.35. The average molecular weight is 248 g/mol. The second-order valence-corrected chi connectivity index (χ2v) is 5.22. The molecule has 1 saturated heterocycles. The molecule has 4 nitrogen and oxygen atoms in total. The number of hydrogen-bond acceptors (Lipinski definition) is 3. The van der Waals surface area contributed by atoms with Crippen LogP contribution in [0.25, 0.3) is 0 Å². The zero-order valence-corrected chi connectivity index (χ0v) is 11.3. The van der Waals surface area contributed by atoms with Crippen LogP contribution in [-0.2, 0) is 0 Å². The van der Waals surface area contributed by atoms with Crippen LogP contribution in [0.2, 0.25) is 0 Å². The molecule has 0 spiro atoms. The SMILES string of the molecule is Cc1cc(N2CCCC[C@@H]2C)c([N+](=O)[O-])cc1C. The summed E-state index contributed by atoms with van der Waals surface area (Å²) >= 11 is 0. The van der Waals surface area contributed by atoms with E-state index in [-0.39, 0.29) is 10.6 Å². The molecule has 1 aromatic rings. The van der Waals surface area contributed by atoms with Crippen molar-refractivity contribution in [3.05, 3.63) is 33.4 Å². The molecule has 4 heteroatoms. The van der Waals surface area contributed by atoms with Gasteiger partial charge in [-0.1, -0.05) is 0 Å². The van der Waals surface area contributed by atoms with Crippen LogP contribution in [0, 0.1) is 24.0 Å². The Kier molecular flexibility index (Phi) is 3.55. The molecule has 18 heavy (non-hydrogen) atoms. The molecular formula is C14H20N2O2. The zero-order chi connectivity index (χ0) is 13.3. The number of nitrogens with zero attached hydrogens (tertiary/aromatic N) is 2. The van der Waals surface area contributed by atoms with Crippen LogP contribution in [-0.4, -0.2) is 17.5 Å². The number of piperidine rings is 1. The third kappa shape index (κ3) is 2.33. The number of benzene rings is 1. The highest BCUT2D eigenvalue weighted by atomic mass is 16.6. The Balaban J connectivity index is 2.47. The van der Waals surface area contributed by atoms with Crippen molar-refractivity contribution in [2.75, 3.05) is 11.4 Å². The third-order valence-corrected chi connectivity index (χ3v) is 3.90. The third-order valence-electron chi connectivity index (χ3n) is 3.90. The maximum atomic E-state index is 11.2. The van der Waals surface area contributed by atoms with Gasteiger partial charge in [0.1, 0.15) is 5.69 Å². The van der Waals surface area contributed by atoms with Crippen LogP contribution in [0.1, 0.15) is 37.3 Å². The standard InChI is InChI=1S/C14H20N2O2/c1-10-8-13(14(16(17)18)9-11(10)2)15-7-5-4-6-12(15)3/h8-9,12H,4-7H2,1-3H3/t12-/m0/s1. The molecule has 0 saturated carbocycles. The fourth-order valence-electron chi connectivity index (χ4n) is 2.62. The van der Waals surface area contributed by atoms with E-state index in [1.54, 1.807) is 6.07 Å². The maximum absolute atomic E-state index is 11.2. The minimum Gasteiger partial charge on any atom is -0.363 e. The summed E-state index contributed by atoms with van der Waals surface area (Å²) in [5, 5.41) is 11.2. The van der Waals surface area contributed by atoms with Crippen molar-refractivity contribution >= 4 is 11.4 Å². The number of nitro benzene ring substituents is 1. The van der Waals surface area contributed by atoms with Gasteiger partial charge < -0.3 is 4.90 Å². The van der Waals surface area contributed by atoms with Crippen molar-refractivity contribution in [1.29, 1.82) is 0 Å². The van der Waals surface area contributed by atoms with E-state index in [0.717, 1.165) is 36.2 Å². The Morgan fingerprint density at radius 3 is 2.56 bits per heavy atom. The molecule has 2 rings (SSSR count). The topological polar surface area (TPSA) is 46.4 Å². The van der Waals surface area contributed by atoms with Crippen molar-refractivity contribution < 1.29 is 4.92 Å². The molecule has 0 unspecified atom stereocenters. The number of anilines is 1. The van der Waals surface area contributed by atoms with Crippen molar-refractivity contribution in [2.24, 2.45) is 0 Å². The average Bonchev–Trinajstić information content (AvgIpc) is 2.32. The Labute approximate surface area is 108 Å². The Morgan fingerprint density at radius 2 is 1.94 bits per heavy atom. The van der Waals surface area contributed by atoms with Crippen LogP contribution < -0.4 is 4.90 Å².